The third kappa shape index (κ3) is 3.95. The molecule has 3 aromatic rings. The normalized spacial score (nSPS) is 13.8. The second-order valence-electron chi connectivity index (χ2n) is 6.80. The van der Waals surface area contributed by atoms with E-state index < -0.39 is 0 Å². The molecular formula is C22H19ClN4O3. The van der Waals surface area contributed by atoms with Crippen LogP contribution >= 0.6 is 11.6 Å². The highest BCUT2D eigenvalue weighted by Crippen LogP contribution is 2.30. The van der Waals surface area contributed by atoms with Crippen LogP contribution in [0.1, 0.15) is 16.1 Å². The third-order valence-electron chi connectivity index (χ3n) is 5.00. The number of methoxy groups -OCH3 is 1. The van der Waals surface area contributed by atoms with E-state index in [1.165, 1.54) is 0 Å². The molecule has 1 aromatic heterocycles. The molecule has 4 rings (SSSR count). The van der Waals surface area contributed by atoms with Crippen LogP contribution in [0, 0.1) is 11.3 Å². The topological polar surface area (TPSA) is 82.6 Å². The molecule has 1 aliphatic rings. The third-order valence-corrected chi connectivity index (χ3v) is 5.25. The first kappa shape index (κ1) is 19.8. The van der Waals surface area contributed by atoms with E-state index in [9.17, 15) is 10.1 Å². The van der Waals surface area contributed by atoms with E-state index in [1.807, 2.05) is 29.2 Å². The average molecular weight is 423 g/mol. The Labute approximate surface area is 179 Å². The maximum absolute atomic E-state index is 12.7. The summed E-state index contributed by atoms with van der Waals surface area (Å²) in [4.78, 5) is 20.8. The minimum absolute atomic E-state index is 0.0386. The van der Waals surface area contributed by atoms with Crippen molar-refractivity contribution in [1.29, 1.82) is 5.26 Å². The Kier molecular flexibility index (Phi) is 5.59. The van der Waals surface area contributed by atoms with Crippen molar-refractivity contribution in [1.82, 2.24) is 9.88 Å². The van der Waals surface area contributed by atoms with Crippen molar-refractivity contribution < 1.29 is 13.9 Å². The Hall–Kier alpha value is -3.50. The molecule has 8 heteroatoms. The molecule has 152 valence electrons. The van der Waals surface area contributed by atoms with Gasteiger partial charge in [-0.05, 0) is 48.5 Å². The highest BCUT2D eigenvalue weighted by molar-refractivity contribution is 6.30. The molecule has 0 bridgehead atoms. The molecule has 2 heterocycles. The lowest BCUT2D eigenvalue weighted by Crippen LogP contribution is -2.48. The Morgan fingerprint density at radius 3 is 2.37 bits per heavy atom. The van der Waals surface area contributed by atoms with Crippen LogP contribution in [0.15, 0.2) is 52.9 Å². The van der Waals surface area contributed by atoms with Gasteiger partial charge in [-0.3, -0.25) is 4.79 Å². The molecule has 0 unspecified atom stereocenters. The summed E-state index contributed by atoms with van der Waals surface area (Å²) < 4.78 is 11.1. The van der Waals surface area contributed by atoms with E-state index in [1.54, 1.807) is 36.3 Å². The van der Waals surface area contributed by atoms with Crippen molar-refractivity contribution in [2.45, 2.75) is 0 Å². The lowest BCUT2D eigenvalue weighted by Gasteiger charge is -2.34. The SMILES string of the molecule is COc1ccc(-c2nc(C#N)c(N3CCN(C(=O)c4ccc(Cl)cc4)CC3)o2)cc1. The van der Waals surface area contributed by atoms with Crippen LogP contribution in [0.4, 0.5) is 5.88 Å². The van der Waals surface area contributed by atoms with Gasteiger partial charge in [0.25, 0.3) is 5.91 Å². The van der Waals surface area contributed by atoms with E-state index in [0.29, 0.717) is 48.5 Å². The molecule has 1 amide bonds. The Bertz CT molecular complexity index is 1080. The van der Waals surface area contributed by atoms with Gasteiger partial charge in [0, 0.05) is 42.3 Å². The van der Waals surface area contributed by atoms with Crippen LogP contribution in [0.2, 0.25) is 5.02 Å². The van der Waals surface area contributed by atoms with Gasteiger partial charge in [-0.2, -0.15) is 10.2 Å². The van der Waals surface area contributed by atoms with Gasteiger partial charge < -0.3 is 19.0 Å². The lowest BCUT2D eigenvalue weighted by atomic mass is 10.2. The zero-order valence-corrected chi connectivity index (χ0v) is 17.1. The van der Waals surface area contributed by atoms with Gasteiger partial charge in [0.2, 0.25) is 17.5 Å². The molecule has 0 spiro atoms. The summed E-state index contributed by atoms with van der Waals surface area (Å²) in [5.74, 6) is 1.50. The number of amides is 1. The van der Waals surface area contributed by atoms with Crippen molar-refractivity contribution in [3.63, 3.8) is 0 Å². The standard InChI is InChI=1S/C22H19ClN4O3/c1-29-18-8-4-15(5-9-18)20-25-19(14-24)22(30-20)27-12-10-26(11-13-27)21(28)16-2-6-17(23)7-3-16/h2-9H,10-13H2,1H3. The number of aromatic nitrogens is 1. The zero-order chi connectivity index (χ0) is 21.1. The molecule has 0 saturated carbocycles. The number of piperazine rings is 1. The summed E-state index contributed by atoms with van der Waals surface area (Å²) in [6, 6.07) is 16.3. The van der Waals surface area contributed by atoms with Crippen molar-refractivity contribution in [2.24, 2.45) is 0 Å². The first-order valence-corrected chi connectivity index (χ1v) is 9.82. The number of nitrogens with zero attached hydrogens (tertiary/aromatic N) is 4. The minimum atomic E-state index is -0.0386. The monoisotopic (exact) mass is 422 g/mol. The van der Waals surface area contributed by atoms with E-state index in [-0.39, 0.29) is 11.6 Å². The Balaban J connectivity index is 1.47. The van der Waals surface area contributed by atoms with Gasteiger partial charge in [-0.1, -0.05) is 11.6 Å². The number of carbonyl (C=O) groups is 1. The van der Waals surface area contributed by atoms with Crippen LogP contribution in [-0.2, 0) is 0 Å². The van der Waals surface area contributed by atoms with Crippen molar-refractivity contribution in [3.05, 3.63) is 64.8 Å². The predicted molar refractivity (Wildman–Crippen MR) is 113 cm³/mol. The average Bonchev–Trinajstić information content (AvgIpc) is 3.24. The van der Waals surface area contributed by atoms with Crippen molar-refractivity contribution in [2.75, 3.05) is 38.2 Å². The van der Waals surface area contributed by atoms with Crippen molar-refractivity contribution >= 4 is 23.4 Å². The lowest BCUT2D eigenvalue weighted by molar-refractivity contribution is 0.0745. The highest BCUT2D eigenvalue weighted by atomic mass is 35.5. The molecule has 1 fully saturated rings. The van der Waals surface area contributed by atoms with E-state index >= 15 is 0 Å². The summed E-state index contributed by atoms with van der Waals surface area (Å²) >= 11 is 5.90. The fourth-order valence-corrected chi connectivity index (χ4v) is 3.47. The Morgan fingerprint density at radius 1 is 1.10 bits per heavy atom. The molecular weight excluding hydrogens is 404 g/mol. The number of ether oxygens (including phenoxy) is 1. The summed E-state index contributed by atoms with van der Waals surface area (Å²) in [6.07, 6.45) is 0. The number of benzene rings is 2. The number of anilines is 1. The highest BCUT2D eigenvalue weighted by Gasteiger charge is 2.27. The number of halogens is 1. The van der Waals surface area contributed by atoms with Crippen LogP contribution in [0.5, 0.6) is 5.75 Å². The molecule has 0 atom stereocenters. The molecule has 2 aromatic carbocycles. The maximum Gasteiger partial charge on any atom is 0.253 e. The minimum Gasteiger partial charge on any atom is -0.497 e. The molecule has 1 saturated heterocycles. The fourth-order valence-electron chi connectivity index (χ4n) is 3.34. The zero-order valence-electron chi connectivity index (χ0n) is 16.3. The fraction of sp³-hybridized carbons (Fsp3) is 0.227. The summed E-state index contributed by atoms with van der Waals surface area (Å²) in [6.45, 7) is 2.13. The predicted octanol–water partition coefficient (Wildman–Crippen LogP) is 3.84. The quantitative estimate of drug-likeness (QED) is 0.635. The van der Waals surface area contributed by atoms with Gasteiger partial charge >= 0.3 is 0 Å². The van der Waals surface area contributed by atoms with E-state index in [2.05, 4.69) is 11.1 Å². The smallest absolute Gasteiger partial charge is 0.253 e. The largest absolute Gasteiger partial charge is 0.497 e. The number of rotatable bonds is 4. The van der Waals surface area contributed by atoms with Gasteiger partial charge in [0.05, 0.1) is 7.11 Å². The summed E-state index contributed by atoms with van der Waals surface area (Å²) in [7, 11) is 1.60. The first-order chi connectivity index (χ1) is 14.6. The molecule has 7 nitrogen and oxygen atoms in total. The molecule has 30 heavy (non-hydrogen) atoms. The first-order valence-electron chi connectivity index (χ1n) is 9.44. The Morgan fingerprint density at radius 2 is 1.77 bits per heavy atom. The number of carbonyl (C=O) groups excluding carboxylic acids is 1. The molecule has 0 aliphatic carbocycles. The summed E-state index contributed by atoms with van der Waals surface area (Å²) in [5.41, 5.74) is 1.60. The second kappa shape index (κ2) is 8.47. The van der Waals surface area contributed by atoms with Crippen molar-refractivity contribution in [3.8, 4) is 23.3 Å². The maximum atomic E-state index is 12.7. The number of oxazole rings is 1. The van der Waals surface area contributed by atoms with Crippen LogP contribution < -0.4 is 9.64 Å². The second-order valence-corrected chi connectivity index (χ2v) is 7.24. The van der Waals surface area contributed by atoms with E-state index in [0.717, 1.165) is 11.3 Å². The number of hydrogen-bond acceptors (Lipinski definition) is 6. The number of nitriles is 1. The number of hydrogen-bond donors (Lipinski definition) is 0. The van der Waals surface area contributed by atoms with Crippen LogP contribution in [0.25, 0.3) is 11.5 Å². The van der Waals surface area contributed by atoms with E-state index in [4.69, 9.17) is 20.8 Å². The molecule has 1 aliphatic heterocycles. The van der Waals surface area contributed by atoms with Gasteiger partial charge in [-0.25, -0.2) is 0 Å². The van der Waals surface area contributed by atoms with Gasteiger partial charge in [-0.15, -0.1) is 0 Å². The van der Waals surface area contributed by atoms with Crippen LogP contribution in [0.3, 0.4) is 0 Å². The van der Waals surface area contributed by atoms with Gasteiger partial charge in [0.15, 0.2) is 0 Å². The van der Waals surface area contributed by atoms with Crippen LogP contribution in [-0.4, -0.2) is 49.1 Å². The molecule has 0 radical (unpaired) electrons. The van der Waals surface area contributed by atoms with Gasteiger partial charge in [0.1, 0.15) is 11.8 Å². The summed E-state index contributed by atoms with van der Waals surface area (Å²) in [5, 5.41) is 10.1. The molecule has 0 N–H and O–H groups in total.